The molecule has 3 aliphatic rings. The smallest absolute Gasteiger partial charge is 0.411 e. The van der Waals surface area contributed by atoms with E-state index in [0.717, 1.165) is 0 Å². The van der Waals surface area contributed by atoms with Crippen LogP contribution in [0.5, 0.6) is 0 Å². The lowest BCUT2D eigenvalue weighted by Gasteiger charge is -2.48. The van der Waals surface area contributed by atoms with Gasteiger partial charge in [0.25, 0.3) is 5.69 Å². The number of nitro groups is 1. The second-order valence-electron chi connectivity index (χ2n) is 11.7. The number of thioether (sulfide) groups is 1. The maximum atomic E-state index is 13.2. The Morgan fingerprint density at radius 2 is 1.90 bits per heavy atom. The normalized spacial score (nSPS) is 23.9. The van der Waals surface area contributed by atoms with E-state index in [4.69, 9.17) is 9.16 Å². The first-order valence-electron chi connectivity index (χ1n) is 12.9. The maximum absolute atomic E-state index is 13.2. The number of carboxylic acid groups (broad SMARTS) is 1. The molecule has 0 bridgehead atoms. The molecular weight excluding hydrogens is 542 g/mol. The lowest BCUT2D eigenvalue weighted by Crippen LogP contribution is -2.63. The first-order valence-corrected chi connectivity index (χ1v) is 16.9. The minimum Gasteiger partial charge on any atom is -0.477 e. The Hall–Kier alpha value is -2.90. The molecule has 11 nitrogen and oxygen atoms in total. The molecule has 0 aliphatic carbocycles. The fraction of sp³-hybridized carbons (Fsp3) is 0.577. The third-order valence-corrected chi connectivity index (χ3v) is 13.9. The number of non-ortho nitro benzene ring substituents is 1. The van der Waals surface area contributed by atoms with E-state index in [-0.39, 0.29) is 41.1 Å². The number of nitro benzene ring substituents is 1. The number of carboxylic acids is 1. The van der Waals surface area contributed by atoms with Crippen LogP contribution in [0.25, 0.3) is 0 Å². The van der Waals surface area contributed by atoms with Crippen LogP contribution in [-0.2, 0) is 25.4 Å². The molecular formula is C26H35N3O8SSi. The molecule has 212 valence electrons. The highest BCUT2D eigenvalue weighted by molar-refractivity contribution is 7.99. The van der Waals surface area contributed by atoms with Crippen molar-refractivity contribution >= 4 is 43.7 Å². The zero-order valence-electron chi connectivity index (χ0n) is 23.0. The summed E-state index contributed by atoms with van der Waals surface area (Å²) in [5.74, 6) is -1.06. The molecule has 0 aromatic heterocycles. The molecule has 0 spiro atoms. The zero-order valence-corrected chi connectivity index (χ0v) is 24.8. The Bertz CT molecular complexity index is 1210. The summed E-state index contributed by atoms with van der Waals surface area (Å²) < 4.78 is 12.0. The molecule has 39 heavy (non-hydrogen) atoms. The van der Waals surface area contributed by atoms with Crippen molar-refractivity contribution < 1.29 is 33.6 Å². The quantitative estimate of drug-likeness (QED) is 0.203. The number of nitrogens with zero attached hydrogens (tertiary/aromatic N) is 3. The van der Waals surface area contributed by atoms with Crippen LogP contribution in [-0.4, -0.2) is 75.9 Å². The van der Waals surface area contributed by atoms with Crippen molar-refractivity contribution in [1.29, 1.82) is 0 Å². The zero-order chi connectivity index (χ0) is 28.9. The van der Waals surface area contributed by atoms with Crippen LogP contribution in [0, 0.1) is 16.0 Å². The van der Waals surface area contributed by atoms with Gasteiger partial charge >= 0.3 is 12.1 Å². The van der Waals surface area contributed by atoms with E-state index in [9.17, 15) is 29.6 Å². The number of rotatable bonds is 8. The first-order chi connectivity index (χ1) is 18.1. The minimum absolute atomic E-state index is 0.0323. The van der Waals surface area contributed by atoms with Crippen LogP contribution in [0.4, 0.5) is 10.5 Å². The Morgan fingerprint density at radius 3 is 2.46 bits per heavy atom. The molecule has 4 atom stereocenters. The molecule has 2 fully saturated rings. The standard InChI is InChI=1S/C26H35N3O8SSi/c1-15(37-39(5,6)26(2,3)4)21-19-11-18(22(24(31)32)28(19)23(21)30)20-13-38-14-27(20)25(33)36-12-16-7-9-17(10-8-16)29(34)35/h7-10,15,19-21H,11-14H2,1-6H3,(H,31,32)/t15-,19-,20+,21-/m1/s1. The van der Waals surface area contributed by atoms with Crippen LogP contribution >= 0.6 is 11.8 Å². The topological polar surface area (TPSA) is 140 Å². The fourth-order valence-corrected chi connectivity index (χ4v) is 7.78. The number of carbonyl (C=O) groups is 3. The largest absolute Gasteiger partial charge is 0.477 e. The van der Waals surface area contributed by atoms with Gasteiger partial charge in [0.1, 0.15) is 12.3 Å². The molecule has 0 unspecified atom stereocenters. The Kier molecular flexibility index (Phi) is 7.89. The number of fused-ring (bicyclic) bond motifs is 1. The molecule has 0 saturated carbocycles. The highest BCUT2D eigenvalue weighted by Crippen LogP contribution is 2.48. The van der Waals surface area contributed by atoms with E-state index in [1.54, 1.807) is 0 Å². The Labute approximate surface area is 232 Å². The number of amides is 2. The van der Waals surface area contributed by atoms with E-state index < -0.39 is 37.3 Å². The summed E-state index contributed by atoms with van der Waals surface area (Å²) in [6.07, 6.45) is -0.595. The van der Waals surface area contributed by atoms with Crippen molar-refractivity contribution in [1.82, 2.24) is 9.80 Å². The first kappa shape index (κ1) is 29.1. The fourth-order valence-electron chi connectivity index (χ4n) is 5.15. The number of aliphatic carboxylic acids is 1. The Balaban J connectivity index is 1.47. The van der Waals surface area contributed by atoms with Gasteiger partial charge < -0.3 is 19.2 Å². The number of β-lactam (4-membered cyclic amide) rings is 1. The van der Waals surface area contributed by atoms with Gasteiger partial charge in [-0.2, -0.15) is 0 Å². The summed E-state index contributed by atoms with van der Waals surface area (Å²) in [5.41, 5.74) is 1.05. The second kappa shape index (κ2) is 10.6. The van der Waals surface area contributed by atoms with Crippen LogP contribution in [0.15, 0.2) is 35.5 Å². The highest BCUT2D eigenvalue weighted by Gasteiger charge is 2.59. The van der Waals surface area contributed by atoms with Gasteiger partial charge in [0, 0.05) is 17.9 Å². The average molecular weight is 578 g/mol. The van der Waals surface area contributed by atoms with Crippen molar-refractivity contribution in [2.24, 2.45) is 5.92 Å². The van der Waals surface area contributed by atoms with E-state index in [2.05, 4.69) is 33.9 Å². The second-order valence-corrected chi connectivity index (χ2v) is 17.5. The summed E-state index contributed by atoms with van der Waals surface area (Å²) in [6.45, 7) is 12.5. The van der Waals surface area contributed by atoms with E-state index in [1.807, 2.05) is 6.92 Å². The van der Waals surface area contributed by atoms with Crippen LogP contribution in [0.3, 0.4) is 0 Å². The van der Waals surface area contributed by atoms with Gasteiger partial charge in [-0.3, -0.25) is 19.8 Å². The lowest BCUT2D eigenvalue weighted by atomic mass is 9.82. The van der Waals surface area contributed by atoms with Crippen molar-refractivity contribution in [3.63, 3.8) is 0 Å². The average Bonchev–Trinajstić information content (AvgIpc) is 3.44. The summed E-state index contributed by atoms with van der Waals surface area (Å²) in [6, 6.07) is 4.89. The summed E-state index contributed by atoms with van der Waals surface area (Å²) >= 11 is 1.49. The third-order valence-electron chi connectivity index (χ3n) is 8.27. The van der Waals surface area contributed by atoms with Crippen molar-refractivity contribution in [3.05, 3.63) is 51.2 Å². The SMILES string of the molecule is C[C@@H](O[Si](C)(C)C(C)(C)C)[C@H]1C(=O)N2C(C(=O)O)=C([C@@H]3CSCN3C(=O)OCc3ccc([N+](=O)[O-])cc3)C[C@H]12. The molecule has 2 amide bonds. The Morgan fingerprint density at radius 1 is 1.26 bits per heavy atom. The summed E-state index contributed by atoms with van der Waals surface area (Å²) in [7, 11) is -2.15. The van der Waals surface area contributed by atoms with Gasteiger partial charge in [-0.1, -0.05) is 20.8 Å². The maximum Gasteiger partial charge on any atom is 0.411 e. The number of ether oxygens (including phenoxy) is 1. The number of carbonyl (C=O) groups excluding carboxylic acids is 2. The van der Waals surface area contributed by atoms with Crippen LogP contribution in [0.2, 0.25) is 18.1 Å². The number of benzene rings is 1. The van der Waals surface area contributed by atoms with Gasteiger partial charge in [-0.05, 0) is 54.7 Å². The van der Waals surface area contributed by atoms with Crippen molar-refractivity contribution in [2.75, 3.05) is 11.6 Å². The van der Waals surface area contributed by atoms with Gasteiger partial charge in [-0.15, -0.1) is 11.8 Å². The van der Waals surface area contributed by atoms with E-state index >= 15 is 0 Å². The third kappa shape index (κ3) is 5.44. The van der Waals surface area contributed by atoms with Gasteiger partial charge in [0.05, 0.1) is 34.9 Å². The van der Waals surface area contributed by atoms with E-state index in [1.165, 1.54) is 45.8 Å². The molecule has 4 rings (SSSR count). The highest BCUT2D eigenvalue weighted by atomic mass is 32.2. The predicted molar refractivity (Wildman–Crippen MR) is 147 cm³/mol. The number of hydrogen-bond donors (Lipinski definition) is 1. The van der Waals surface area contributed by atoms with E-state index in [0.29, 0.717) is 29.2 Å². The molecule has 1 N–H and O–H groups in total. The van der Waals surface area contributed by atoms with Crippen LogP contribution in [0.1, 0.15) is 39.7 Å². The predicted octanol–water partition coefficient (Wildman–Crippen LogP) is 4.59. The molecule has 1 aromatic rings. The molecule has 3 aliphatic heterocycles. The molecule has 1 aromatic carbocycles. The number of hydrogen-bond acceptors (Lipinski definition) is 8. The molecule has 13 heteroatoms. The summed E-state index contributed by atoms with van der Waals surface area (Å²) in [5, 5.41) is 20.9. The molecule has 0 radical (unpaired) electrons. The minimum atomic E-state index is -2.15. The van der Waals surface area contributed by atoms with Crippen LogP contribution < -0.4 is 0 Å². The van der Waals surface area contributed by atoms with Gasteiger partial charge in [0.2, 0.25) is 5.91 Å². The van der Waals surface area contributed by atoms with Gasteiger partial charge in [0.15, 0.2) is 8.32 Å². The monoisotopic (exact) mass is 577 g/mol. The lowest BCUT2D eigenvalue weighted by molar-refractivity contribution is -0.384. The van der Waals surface area contributed by atoms with Crippen molar-refractivity contribution in [3.8, 4) is 0 Å². The van der Waals surface area contributed by atoms with Crippen molar-refractivity contribution in [2.45, 2.75) is 77.0 Å². The van der Waals surface area contributed by atoms with Gasteiger partial charge in [-0.25, -0.2) is 9.59 Å². The molecule has 3 heterocycles. The summed E-state index contributed by atoms with van der Waals surface area (Å²) in [4.78, 5) is 51.8. The molecule has 2 saturated heterocycles.